The van der Waals surface area contributed by atoms with Crippen molar-refractivity contribution in [1.29, 1.82) is 0 Å². The summed E-state index contributed by atoms with van der Waals surface area (Å²) in [4.78, 5) is 10.5. The van der Waals surface area contributed by atoms with Crippen LogP contribution in [-0.2, 0) is 0 Å². The van der Waals surface area contributed by atoms with E-state index in [0.717, 1.165) is 17.4 Å². The van der Waals surface area contributed by atoms with Crippen molar-refractivity contribution >= 4 is 17.7 Å². The Hall–Kier alpha value is -1.10. The van der Waals surface area contributed by atoms with E-state index in [1.165, 1.54) is 19.8 Å². The molecule has 0 bridgehead atoms. The smallest absolute Gasteiger partial charge is 0.248 e. The number of thioether (sulfide) groups is 1. The first kappa shape index (κ1) is 14.0. The van der Waals surface area contributed by atoms with Crippen molar-refractivity contribution in [3.8, 4) is 0 Å². The molecule has 2 N–H and O–H groups in total. The molecule has 1 aromatic rings. The maximum atomic E-state index is 12.8. The van der Waals surface area contributed by atoms with Crippen LogP contribution in [0.4, 0.5) is 8.78 Å². The molecule has 17 heavy (non-hydrogen) atoms. The van der Waals surface area contributed by atoms with E-state index in [1.54, 1.807) is 0 Å². The normalized spacial score (nSPS) is 13.9. The summed E-state index contributed by atoms with van der Waals surface area (Å²) in [6.45, 7) is 1.29. The molecule has 0 atom stereocenters. The highest BCUT2D eigenvalue weighted by Crippen LogP contribution is 2.31. The number of carbonyl (C=O) groups excluding carboxylic acids is 1. The molecule has 0 heterocycles. The highest BCUT2D eigenvalue weighted by atomic mass is 32.2. The highest BCUT2D eigenvalue weighted by Gasteiger charge is 2.18. The van der Waals surface area contributed by atoms with Gasteiger partial charge in [-0.3, -0.25) is 4.79 Å². The Morgan fingerprint density at radius 3 is 2.06 bits per heavy atom. The second kappa shape index (κ2) is 6.00. The number of hydrogen-bond acceptors (Lipinski definition) is 2. The molecule has 0 spiro atoms. The first-order valence-corrected chi connectivity index (χ1v) is 6.52. The van der Waals surface area contributed by atoms with Gasteiger partial charge in [-0.1, -0.05) is 0 Å². The van der Waals surface area contributed by atoms with E-state index in [2.05, 4.69) is 6.26 Å². The minimum atomic E-state index is -0.840. The van der Waals surface area contributed by atoms with E-state index in [9.17, 15) is 13.6 Å². The van der Waals surface area contributed by atoms with E-state index in [-0.39, 0.29) is 11.1 Å². The molecule has 2 rings (SSSR count). The van der Waals surface area contributed by atoms with Gasteiger partial charge in [-0.05, 0) is 38.2 Å². The average Bonchev–Trinajstić information content (AvgIpc) is 3.09. The predicted octanol–water partition coefficient (Wildman–Crippen LogP) is 2.88. The topological polar surface area (TPSA) is 43.1 Å². The summed E-state index contributed by atoms with van der Waals surface area (Å²) in [5, 5.41) is 1.05. The SMILES string of the molecule is CSC1CC1.Cc1c(F)cc(C(N)=O)cc1F. The van der Waals surface area contributed by atoms with Crippen LogP contribution in [0.5, 0.6) is 0 Å². The Bertz CT molecular complexity index is 396. The molecule has 0 unspecified atom stereocenters. The van der Waals surface area contributed by atoms with Crippen LogP contribution in [0, 0.1) is 18.6 Å². The number of primary amides is 1. The molecular formula is C12H15F2NOS. The predicted molar refractivity (Wildman–Crippen MR) is 66.1 cm³/mol. The molecule has 1 aliphatic carbocycles. The zero-order chi connectivity index (χ0) is 13.0. The number of nitrogens with two attached hydrogens (primary N) is 1. The monoisotopic (exact) mass is 259 g/mol. The lowest BCUT2D eigenvalue weighted by Crippen LogP contribution is -2.12. The van der Waals surface area contributed by atoms with Gasteiger partial charge in [0.25, 0.3) is 0 Å². The van der Waals surface area contributed by atoms with Crippen molar-refractivity contribution < 1.29 is 13.6 Å². The van der Waals surface area contributed by atoms with Gasteiger partial charge in [0.1, 0.15) is 11.6 Å². The minimum absolute atomic E-state index is 0.111. The van der Waals surface area contributed by atoms with E-state index in [4.69, 9.17) is 5.73 Å². The number of halogens is 2. The third-order valence-electron chi connectivity index (χ3n) is 2.42. The summed E-state index contributed by atoms with van der Waals surface area (Å²) in [5.74, 6) is -2.36. The summed E-state index contributed by atoms with van der Waals surface area (Å²) >= 11 is 1.99. The van der Waals surface area contributed by atoms with E-state index in [0.29, 0.717) is 0 Å². The van der Waals surface area contributed by atoms with Crippen LogP contribution in [0.1, 0.15) is 28.8 Å². The van der Waals surface area contributed by atoms with Crippen LogP contribution in [0.3, 0.4) is 0 Å². The fraction of sp³-hybridized carbons (Fsp3) is 0.417. The van der Waals surface area contributed by atoms with Crippen LogP contribution < -0.4 is 5.73 Å². The number of rotatable bonds is 2. The van der Waals surface area contributed by atoms with E-state index >= 15 is 0 Å². The Balaban J connectivity index is 0.000000239. The first-order chi connectivity index (χ1) is 7.95. The fourth-order valence-electron chi connectivity index (χ4n) is 1.09. The number of hydrogen-bond donors (Lipinski definition) is 1. The summed E-state index contributed by atoms with van der Waals surface area (Å²) in [6.07, 6.45) is 5.12. The molecule has 0 radical (unpaired) electrons. The van der Waals surface area contributed by atoms with Crippen molar-refractivity contribution in [3.05, 3.63) is 34.9 Å². The molecular weight excluding hydrogens is 244 g/mol. The van der Waals surface area contributed by atoms with Crippen LogP contribution in [-0.4, -0.2) is 17.4 Å². The second-order valence-electron chi connectivity index (χ2n) is 3.86. The average molecular weight is 259 g/mol. The largest absolute Gasteiger partial charge is 0.366 e. The van der Waals surface area contributed by atoms with Gasteiger partial charge in [0.15, 0.2) is 0 Å². The molecule has 0 aromatic heterocycles. The highest BCUT2D eigenvalue weighted by molar-refractivity contribution is 7.99. The second-order valence-corrected chi connectivity index (χ2v) is 5.00. The summed E-state index contributed by atoms with van der Waals surface area (Å²) in [7, 11) is 0. The summed E-state index contributed by atoms with van der Waals surface area (Å²) in [6, 6.07) is 1.83. The van der Waals surface area contributed by atoms with Gasteiger partial charge >= 0.3 is 0 Å². The van der Waals surface area contributed by atoms with Gasteiger partial charge in [0.2, 0.25) is 5.91 Å². The molecule has 1 aromatic carbocycles. The van der Waals surface area contributed by atoms with Gasteiger partial charge in [-0.2, -0.15) is 11.8 Å². The van der Waals surface area contributed by atoms with Crippen molar-refractivity contribution in [2.45, 2.75) is 25.0 Å². The zero-order valence-corrected chi connectivity index (χ0v) is 10.6. The molecule has 1 fully saturated rings. The maximum absolute atomic E-state index is 12.8. The van der Waals surface area contributed by atoms with E-state index in [1.807, 2.05) is 11.8 Å². The van der Waals surface area contributed by atoms with Crippen LogP contribution in [0.2, 0.25) is 0 Å². The minimum Gasteiger partial charge on any atom is -0.366 e. The third kappa shape index (κ3) is 4.34. The van der Waals surface area contributed by atoms with Gasteiger partial charge in [-0.25, -0.2) is 8.78 Å². The van der Waals surface area contributed by atoms with Crippen molar-refractivity contribution in [2.75, 3.05) is 6.26 Å². The number of amides is 1. The lowest BCUT2D eigenvalue weighted by atomic mass is 10.1. The summed E-state index contributed by atoms with van der Waals surface area (Å²) in [5.41, 5.74) is 4.56. The molecule has 0 saturated heterocycles. The first-order valence-electron chi connectivity index (χ1n) is 5.24. The Morgan fingerprint density at radius 1 is 1.35 bits per heavy atom. The number of benzene rings is 1. The Morgan fingerprint density at radius 2 is 1.82 bits per heavy atom. The molecule has 1 aliphatic rings. The lowest BCUT2D eigenvalue weighted by Gasteiger charge is -2.00. The van der Waals surface area contributed by atoms with Gasteiger partial charge in [0, 0.05) is 16.4 Å². The quantitative estimate of drug-likeness (QED) is 0.887. The van der Waals surface area contributed by atoms with Gasteiger partial charge in [0.05, 0.1) is 0 Å². The third-order valence-corrected chi connectivity index (χ3v) is 3.56. The standard InChI is InChI=1S/C8H7F2NO.C4H8S/c1-4-6(9)2-5(8(11)12)3-7(4)10;1-5-4-2-3-4/h2-3H,1H3,(H2,11,12);4H,2-3H2,1H3. The molecule has 1 amide bonds. The Kier molecular flexibility index (Phi) is 4.93. The maximum Gasteiger partial charge on any atom is 0.248 e. The van der Waals surface area contributed by atoms with Crippen molar-refractivity contribution in [2.24, 2.45) is 5.73 Å². The zero-order valence-electron chi connectivity index (χ0n) is 9.80. The van der Waals surface area contributed by atoms with Gasteiger partial charge in [-0.15, -0.1) is 0 Å². The van der Waals surface area contributed by atoms with Crippen molar-refractivity contribution in [3.63, 3.8) is 0 Å². The molecule has 1 saturated carbocycles. The number of carbonyl (C=O) groups is 1. The van der Waals surface area contributed by atoms with E-state index < -0.39 is 17.5 Å². The molecule has 94 valence electrons. The molecule has 2 nitrogen and oxygen atoms in total. The Labute approximate surface area is 104 Å². The van der Waals surface area contributed by atoms with Gasteiger partial charge < -0.3 is 5.73 Å². The lowest BCUT2D eigenvalue weighted by molar-refractivity contribution is 0.0999. The molecule has 5 heteroatoms. The van der Waals surface area contributed by atoms with Crippen LogP contribution >= 0.6 is 11.8 Å². The van der Waals surface area contributed by atoms with Crippen LogP contribution in [0.15, 0.2) is 12.1 Å². The fourth-order valence-corrected chi connectivity index (χ4v) is 1.70. The van der Waals surface area contributed by atoms with Crippen LogP contribution in [0.25, 0.3) is 0 Å². The summed E-state index contributed by atoms with van der Waals surface area (Å²) < 4.78 is 25.5. The molecule has 0 aliphatic heterocycles. The van der Waals surface area contributed by atoms with Crippen molar-refractivity contribution in [1.82, 2.24) is 0 Å².